The molecule has 31 heavy (non-hydrogen) atoms. The minimum Gasteiger partial charge on any atom is -0.356 e. The average Bonchev–Trinajstić information content (AvgIpc) is 3.57. The number of hydrogen-bond acceptors (Lipinski definition) is 6. The number of fused-ring (bicyclic) bond motifs is 1. The number of piperidine rings is 1. The molecule has 0 bridgehead atoms. The van der Waals surface area contributed by atoms with Gasteiger partial charge in [0.05, 0.1) is 0 Å². The van der Waals surface area contributed by atoms with Crippen LogP contribution in [0.3, 0.4) is 0 Å². The van der Waals surface area contributed by atoms with Gasteiger partial charge in [0.25, 0.3) is 0 Å². The van der Waals surface area contributed by atoms with Gasteiger partial charge in [0.15, 0.2) is 11.5 Å². The molecule has 1 atom stereocenters. The maximum Gasteiger partial charge on any atom is 0.220 e. The van der Waals surface area contributed by atoms with Crippen LogP contribution in [-0.4, -0.2) is 69.4 Å². The lowest BCUT2D eigenvalue weighted by atomic mass is 10.1. The minimum atomic E-state index is 0.100. The minimum absolute atomic E-state index is 0.100. The Bertz CT molecular complexity index is 885. The number of amides is 1. The van der Waals surface area contributed by atoms with Gasteiger partial charge >= 0.3 is 0 Å². The van der Waals surface area contributed by atoms with E-state index >= 15 is 0 Å². The van der Waals surface area contributed by atoms with Gasteiger partial charge in [-0.2, -0.15) is 4.52 Å². The Labute approximate surface area is 184 Å². The van der Waals surface area contributed by atoms with Gasteiger partial charge in [-0.25, -0.2) is 0 Å². The number of aromatic nitrogens is 4. The van der Waals surface area contributed by atoms with Crippen LogP contribution in [0.4, 0.5) is 5.82 Å². The topological polar surface area (TPSA) is 78.7 Å². The Kier molecular flexibility index (Phi) is 6.34. The number of carbonyl (C=O) groups is 1. The van der Waals surface area contributed by atoms with Gasteiger partial charge < -0.3 is 15.1 Å². The molecule has 1 saturated carbocycles. The van der Waals surface area contributed by atoms with Gasteiger partial charge in [0.2, 0.25) is 5.91 Å². The van der Waals surface area contributed by atoms with Crippen LogP contribution in [-0.2, 0) is 11.2 Å². The number of rotatable bonds is 7. The predicted molar refractivity (Wildman–Crippen MR) is 120 cm³/mol. The van der Waals surface area contributed by atoms with Crippen molar-refractivity contribution in [3.8, 4) is 0 Å². The van der Waals surface area contributed by atoms with Crippen LogP contribution in [0.15, 0.2) is 12.1 Å². The fourth-order valence-electron chi connectivity index (χ4n) is 5.47. The first-order chi connectivity index (χ1) is 15.3. The van der Waals surface area contributed by atoms with Crippen molar-refractivity contribution in [3.63, 3.8) is 0 Å². The molecular formula is C23H35N7O. The lowest BCUT2D eigenvalue weighted by Crippen LogP contribution is -2.34. The number of carbonyl (C=O) groups excluding carboxylic acids is 1. The molecule has 168 valence electrons. The fraction of sp³-hybridized carbons (Fsp3) is 0.739. The second-order valence-corrected chi connectivity index (χ2v) is 9.52. The van der Waals surface area contributed by atoms with Crippen molar-refractivity contribution < 1.29 is 4.79 Å². The van der Waals surface area contributed by atoms with Gasteiger partial charge in [-0.15, -0.1) is 15.3 Å². The zero-order valence-corrected chi connectivity index (χ0v) is 18.5. The molecule has 8 heteroatoms. The van der Waals surface area contributed by atoms with Gasteiger partial charge in [-0.3, -0.25) is 4.79 Å². The van der Waals surface area contributed by atoms with Crippen LogP contribution in [0.25, 0.3) is 5.65 Å². The highest BCUT2D eigenvalue weighted by molar-refractivity contribution is 5.76. The molecule has 0 aromatic carbocycles. The molecule has 2 saturated heterocycles. The lowest BCUT2D eigenvalue weighted by Gasteiger charge is -2.27. The fourth-order valence-corrected chi connectivity index (χ4v) is 5.47. The van der Waals surface area contributed by atoms with E-state index < -0.39 is 0 Å². The van der Waals surface area contributed by atoms with E-state index in [1.807, 2.05) is 16.6 Å². The molecular weight excluding hydrogens is 390 g/mol. The zero-order valence-electron chi connectivity index (χ0n) is 18.5. The quantitative estimate of drug-likeness (QED) is 0.734. The first-order valence-electron chi connectivity index (χ1n) is 12.2. The maximum atomic E-state index is 12.5. The summed E-state index contributed by atoms with van der Waals surface area (Å²) in [5.74, 6) is 2.43. The number of nitrogens with one attached hydrogen (secondary N) is 1. The number of likely N-dealkylation sites (tertiary alicyclic amines) is 1. The molecule has 2 aromatic rings. The van der Waals surface area contributed by atoms with E-state index in [0.717, 1.165) is 49.5 Å². The third kappa shape index (κ3) is 4.84. The molecule has 1 N–H and O–H groups in total. The molecule has 3 aliphatic rings. The maximum absolute atomic E-state index is 12.5. The zero-order chi connectivity index (χ0) is 21.0. The molecule has 2 aromatic heterocycles. The third-order valence-electron chi connectivity index (χ3n) is 7.32. The van der Waals surface area contributed by atoms with Gasteiger partial charge in [0.1, 0.15) is 5.82 Å². The smallest absolute Gasteiger partial charge is 0.220 e. The van der Waals surface area contributed by atoms with Crippen molar-refractivity contribution in [1.29, 1.82) is 0 Å². The average molecular weight is 426 g/mol. The SMILES string of the molecule is O=C(CCc1nnc2ccc(N3CCCCC3)nn12)NC[C@@H]1CCN(C2CCCC2)C1. The Hall–Kier alpha value is -2.22. The van der Waals surface area contributed by atoms with Crippen molar-refractivity contribution in [1.82, 2.24) is 30.0 Å². The Morgan fingerprint density at radius 1 is 1.00 bits per heavy atom. The predicted octanol–water partition coefficient (Wildman–Crippen LogP) is 2.43. The second-order valence-electron chi connectivity index (χ2n) is 9.52. The second kappa shape index (κ2) is 9.51. The first kappa shape index (κ1) is 20.7. The number of anilines is 1. The van der Waals surface area contributed by atoms with Crippen molar-refractivity contribution >= 4 is 17.4 Å². The summed E-state index contributed by atoms with van der Waals surface area (Å²) in [7, 11) is 0. The van der Waals surface area contributed by atoms with Crippen LogP contribution >= 0.6 is 0 Å². The molecule has 1 aliphatic carbocycles. The molecule has 3 fully saturated rings. The number of aryl methyl sites for hydroxylation is 1. The van der Waals surface area contributed by atoms with E-state index in [-0.39, 0.29) is 5.91 Å². The van der Waals surface area contributed by atoms with E-state index in [4.69, 9.17) is 5.10 Å². The van der Waals surface area contributed by atoms with Crippen molar-refractivity contribution in [2.45, 2.75) is 70.3 Å². The normalized spacial score (nSPS) is 23.1. The van der Waals surface area contributed by atoms with E-state index in [1.54, 1.807) is 0 Å². The van der Waals surface area contributed by atoms with E-state index in [9.17, 15) is 4.79 Å². The molecule has 0 radical (unpaired) electrons. The lowest BCUT2D eigenvalue weighted by molar-refractivity contribution is -0.121. The summed E-state index contributed by atoms with van der Waals surface area (Å²) in [5.41, 5.74) is 0.745. The van der Waals surface area contributed by atoms with Crippen LogP contribution in [0.5, 0.6) is 0 Å². The largest absolute Gasteiger partial charge is 0.356 e. The van der Waals surface area contributed by atoms with Crippen molar-refractivity contribution in [2.75, 3.05) is 37.6 Å². The van der Waals surface area contributed by atoms with Crippen LogP contribution in [0, 0.1) is 5.92 Å². The Balaban J connectivity index is 1.11. The summed E-state index contributed by atoms with van der Waals surface area (Å²) in [6, 6.07) is 4.80. The molecule has 4 heterocycles. The summed E-state index contributed by atoms with van der Waals surface area (Å²) in [4.78, 5) is 17.5. The monoisotopic (exact) mass is 425 g/mol. The molecule has 0 spiro atoms. The van der Waals surface area contributed by atoms with Crippen molar-refractivity contribution in [3.05, 3.63) is 18.0 Å². The standard InChI is InChI=1S/C23H35N7O/c31-23(24-16-18-12-15-29(17-18)19-6-2-3-7-19)11-10-21-26-25-20-8-9-22(27-30(20)21)28-13-4-1-5-14-28/h8-9,18-19H,1-7,10-17H2,(H,24,31)/t18-/m0/s1. The van der Waals surface area contributed by atoms with Crippen LogP contribution < -0.4 is 10.2 Å². The summed E-state index contributed by atoms with van der Waals surface area (Å²) in [6.07, 6.45) is 11.4. The molecule has 5 rings (SSSR count). The molecule has 1 amide bonds. The Morgan fingerprint density at radius 2 is 1.84 bits per heavy atom. The van der Waals surface area contributed by atoms with Crippen molar-refractivity contribution in [2.24, 2.45) is 5.92 Å². The number of hydrogen-bond donors (Lipinski definition) is 1. The van der Waals surface area contributed by atoms with Crippen LogP contribution in [0.1, 0.15) is 63.6 Å². The summed E-state index contributed by atoms with van der Waals surface area (Å²) < 4.78 is 1.81. The van der Waals surface area contributed by atoms with Crippen LogP contribution in [0.2, 0.25) is 0 Å². The Morgan fingerprint density at radius 3 is 2.68 bits per heavy atom. The number of nitrogens with zero attached hydrogens (tertiary/aromatic N) is 6. The molecule has 2 aliphatic heterocycles. The highest BCUT2D eigenvalue weighted by atomic mass is 16.1. The van der Waals surface area contributed by atoms with Gasteiger partial charge in [-0.1, -0.05) is 12.8 Å². The van der Waals surface area contributed by atoms with E-state index in [2.05, 4.69) is 25.3 Å². The summed E-state index contributed by atoms with van der Waals surface area (Å²) in [6.45, 7) is 5.24. The highest BCUT2D eigenvalue weighted by Gasteiger charge is 2.29. The van der Waals surface area contributed by atoms with E-state index in [1.165, 1.54) is 57.9 Å². The molecule has 0 unspecified atom stereocenters. The van der Waals surface area contributed by atoms with E-state index in [0.29, 0.717) is 18.8 Å². The van der Waals surface area contributed by atoms with Gasteiger partial charge in [0, 0.05) is 45.1 Å². The van der Waals surface area contributed by atoms with Gasteiger partial charge in [-0.05, 0) is 63.1 Å². The molecule has 8 nitrogen and oxygen atoms in total. The first-order valence-corrected chi connectivity index (χ1v) is 12.2. The third-order valence-corrected chi connectivity index (χ3v) is 7.32. The summed E-state index contributed by atoms with van der Waals surface area (Å²) in [5, 5.41) is 16.5. The highest BCUT2D eigenvalue weighted by Crippen LogP contribution is 2.28. The summed E-state index contributed by atoms with van der Waals surface area (Å²) >= 11 is 0.